The second-order valence-electron chi connectivity index (χ2n) is 8.15. The van der Waals surface area contributed by atoms with Gasteiger partial charge in [-0.05, 0) is 31.6 Å². The average Bonchev–Trinajstić information content (AvgIpc) is 2.65. The molecule has 2 saturated heterocycles. The first-order valence-corrected chi connectivity index (χ1v) is 10.6. The quantitative estimate of drug-likeness (QED) is 0.311. The highest BCUT2D eigenvalue weighted by atomic mass is 127. The maximum Gasteiger partial charge on any atom is 0.220 e. The molecule has 2 N–H and O–H groups in total. The van der Waals surface area contributed by atoms with Crippen LogP contribution < -0.4 is 10.6 Å². The number of nitrogens with zero attached hydrogens (tertiary/aromatic N) is 3. The van der Waals surface area contributed by atoms with Crippen molar-refractivity contribution in [2.75, 3.05) is 59.5 Å². The largest absolute Gasteiger partial charge is 0.374 e. The van der Waals surface area contributed by atoms with E-state index in [1.165, 1.54) is 0 Å². The SMILES string of the molecule is CCNC(=NCC1CN(CC(C)C)CCO1)N1CCC(CC(=O)NC)CC1.I. The van der Waals surface area contributed by atoms with Crippen LogP contribution in [0.1, 0.15) is 40.0 Å². The summed E-state index contributed by atoms with van der Waals surface area (Å²) >= 11 is 0. The lowest BCUT2D eigenvalue weighted by Crippen LogP contribution is -2.48. The molecule has 1 amide bonds. The number of hydrogen-bond donors (Lipinski definition) is 2. The summed E-state index contributed by atoms with van der Waals surface area (Å²) in [6, 6.07) is 0. The fraction of sp³-hybridized carbons (Fsp3) is 0.900. The van der Waals surface area contributed by atoms with Gasteiger partial charge in [-0.3, -0.25) is 14.7 Å². The van der Waals surface area contributed by atoms with E-state index in [1.54, 1.807) is 7.05 Å². The van der Waals surface area contributed by atoms with E-state index in [0.29, 0.717) is 24.8 Å². The van der Waals surface area contributed by atoms with E-state index in [2.05, 4.69) is 41.2 Å². The van der Waals surface area contributed by atoms with E-state index in [-0.39, 0.29) is 36.0 Å². The van der Waals surface area contributed by atoms with Gasteiger partial charge in [-0.1, -0.05) is 13.8 Å². The average molecular weight is 509 g/mol. The number of nitrogens with one attached hydrogen (secondary N) is 2. The molecule has 8 heteroatoms. The fourth-order valence-corrected chi connectivity index (χ4v) is 3.90. The smallest absolute Gasteiger partial charge is 0.220 e. The zero-order valence-electron chi connectivity index (χ0n) is 18.1. The summed E-state index contributed by atoms with van der Waals surface area (Å²) in [4.78, 5) is 21.3. The summed E-state index contributed by atoms with van der Waals surface area (Å²) in [6.45, 7) is 14.0. The molecule has 28 heavy (non-hydrogen) atoms. The van der Waals surface area contributed by atoms with Gasteiger partial charge in [0.2, 0.25) is 5.91 Å². The van der Waals surface area contributed by atoms with Crippen LogP contribution in [-0.2, 0) is 9.53 Å². The van der Waals surface area contributed by atoms with Crippen LogP contribution in [0.25, 0.3) is 0 Å². The molecule has 0 aromatic heterocycles. The number of carbonyl (C=O) groups excluding carboxylic acids is 1. The molecule has 1 unspecified atom stereocenters. The first-order valence-electron chi connectivity index (χ1n) is 10.6. The van der Waals surface area contributed by atoms with Crippen molar-refractivity contribution in [1.82, 2.24) is 20.4 Å². The van der Waals surface area contributed by atoms with Crippen molar-refractivity contribution in [3.8, 4) is 0 Å². The van der Waals surface area contributed by atoms with E-state index in [1.807, 2.05) is 0 Å². The van der Waals surface area contributed by atoms with Gasteiger partial charge in [0.05, 0.1) is 19.3 Å². The monoisotopic (exact) mass is 509 g/mol. The molecule has 0 bridgehead atoms. The number of aliphatic imine (C=N–C) groups is 1. The molecule has 0 radical (unpaired) electrons. The van der Waals surface area contributed by atoms with Gasteiger partial charge in [0.15, 0.2) is 5.96 Å². The van der Waals surface area contributed by atoms with Crippen LogP contribution in [-0.4, -0.2) is 87.2 Å². The third-order valence-corrected chi connectivity index (χ3v) is 5.29. The van der Waals surface area contributed by atoms with Crippen LogP contribution in [0.2, 0.25) is 0 Å². The lowest BCUT2D eigenvalue weighted by molar-refractivity contribution is -0.121. The Kier molecular flexibility index (Phi) is 12.3. The van der Waals surface area contributed by atoms with Gasteiger partial charge in [0, 0.05) is 52.7 Å². The molecule has 0 aromatic rings. The minimum absolute atomic E-state index is 0. The lowest BCUT2D eigenvalue weighted by atomic mass is 9.93. The van der Waals surface area contributed by atoms with E-state index >= 15 is 0 Å². The summed E-state index contributed by atoms with van der Waals surface area (Å²) in [5.41, 5.74) is 0. The van der Waals surface area contributed by atoms with Crippen molar-refractivity contribution in [3.05, 3.63) is 0 Å². The van der Waals surface area contributed by atoms with Crippen LogP contribution in [0.15, 0.2) is 4.99 Å². The maximum atomic E-state index is 11.6. The first-order chi connectivity index (χ1) is 13.0. The number of hydrogen-bond acceptors (Lipinski definition) is 4. The highest BCUT2D eigenvalue weighted by molar-refractivity contribution is 14.0. The van der Waals surface area contributed by atoms with Crippen molar-refractivity contribution >= 4 is 35.8 Å². The Morgan fingerprint density at radius 2 is 1.96 bits per heavy atom. The zero-order chi connectivity index (χ0) is 19.6. The maximum absolute atomic E-state index is 11.6. The molecule has 164 valence electrons. The van der Waals surface area contributed by atoms with Crippen molar-refractivity contribution < 1.29 is 9.53 Å². The Labute approximate surface area is 188 Å². The normalized spacial score (nSPS) is 22.1. The molecule has 2 aliphatic rings. The van der Waals surface area contributed by atoms with Crippen LogP contribution in [0.4, 0.5) is 0 Å². The Bertz CT molecular complexity index is 481. The lowest BCUT2D eigenvalue weighted by Gasteiger charge is -2.35. The van der Waals surface area contributed by atoms with Crippen LogP contribution in [0.5, 0.6) is 0 Å². The van der Waals surface area contributed by atoms with Gasteiger partial charge >= 0.3 is 0 Å². The first kappa shape index (κ1) is 25.4. The Hall–Kier alpha value is -0.610. The summed E-state index contributed by atoms with van der Waals surface area (Å²) in [5, 5.41) is 6.16. The summed E-state index contributed by atoms with van der Waals surface area (Å²) in [5.74, 6) is 2.30. The molecular formula is C20H40IN5O2. The number of halogens is 1. The van der Waals surface area contributed by atoms with Crippen molar-refractivity contribution in [3.63, 3.8) is 0 Å². The molecule has 2 heterocycles. The van der Waals surface area contributed by atoms with E-state index in [0.717, 1.165) is 64.7 Å². The predicted molar refractivity (Wildman–Crippen MR) is 125 cm³/mol. The van der Waals surface area contributed by atoms with E-state index in [9.17, 15) is 4.79 Å². The second kappa shape index (κ2) is 13.6. The second-order valence-corrected chi connectivity index (χ2v) is 8.15. The molecule has 2 rings (SSSR count). The van der Waals surface area contributed by atoms with E-state index < -0.39 is 0 Å². The van der Waals surface area contributed by atoms with Crippen LogP contribution in [0.3, 0.4) is 0 Å². The number of rotatable bonds is 7. The molecule has 7 nitrogen and oxygen atoms in total. The van der Waals surface area contributed by atoms with Gasteiger partial charge in [-0.25, -0.2) is 0 Å². The standard InChI is InChI=1S/C20H39N5O2.HI/c1-5-22-20(25-8-6-17(7-9-25)12-19(26)21-4)23-13-18-15-24(10-11-27-18)14-16(2)3;/h16-18H,5-15H2,1-4H3,(H,21,26)(H,22,23);1H. The Morgan fingerprint density at radius 1 is 1.25 bits per heavy atom. The molecule has 0 aliphatic carbocycles. The number of amides is 1. The van der Waals surface area contributed by atoms with Gasteiger partial charge in [0.1, 0.15) is 0 Å². The summed E-state index contributed by atoms with van der Waals surface area (Å²) < 4.78 is 5.94. The van der Waals surface area contributed by atoms with Crippen molar-refractivity contribution in [2.24, 2.45) is 16.8 Å². The topological polar surface area (TPSA) is 69.2 Å². The number of ether oxygens (including phenoxy) is 1. The van der Waals surface area contributed by atoms with Crippen LogP contribution in [0, 0.1) is 11.8 Å². The Morgan fingerprint density at radius 3 is 2.57 bits per heavy atom. The number of carbonyl (C=O) groups is 1. The molecular weight excluding hydrogens is 469 g/mol. The van der Waals surface area contributed by atoms with Gasteiger partial charge < -0.3 is 20.3 Å². The minimum Gasteiger partial charge on any atom is -0.374 e. The minimum atomic E-state index is 0. The predicted octanol–water partition coefficient (Wildman–Crippen LogP) is 1.77. The van der Waals surface area contributed by atoms with Gasteiger partial charge in [-0.15, -0.1) is 24.0 Å². The van der Waals surface area contributed by atoms with Gasteiger partial charge in [0.25, 0.3) is 0 Å². The van der Waals surface area contributed by atoms with Crippen molar-refractivity contribution in [1.29, 1.82) is 0 Å². The summed E-state index contributed by atoms with van der Waals surface area (Å²) in [6.07, 6.45) is 2.90. The molecule has 0 saturated carbocycles. The third kappa shape index (κ3) is 8.82. The van der Waals surface area contributed by atoms with Crippen LogP contribution >= 0.6 is 24.0 Å². The molecule has 1 atom stereocenters. The molecule has 2 fully saturated rings. The van der Waals surface area contributed by atoms with Crippen molar-refractivity contribution in [2.45, 2.75) is 46.1 Å². The number of likely N-dealkylation sites (tertiary alicyclic amines) is 1. The fourth-order valence-electron chi connectivity index (χ4n) is 3.90. The molecule has 2 aliphatic heterocycles. The Balaban J connectivity index is 0.00000392. The van der Waals surface area contributed by atoms with E-state index in [4.69, 9.17) is 9.73 Å². The highest BCUT2D eigenvalue weighted by Crippen LogP contribution is 2.20. The number of guanidine groups is 1. The molecule has 0 aromatic carbocycles. The zero-order valence-corrected chi connectivity index (χ0v) is 20.4. The summed E-state index contributed by atoms with van der Waals surface area (Å²) in [7, 11) is 1.71. The van der Waals surface area contributed by atoms with Gasteiger partial charge in [-0.2, -0.15) is 0 Å². The molecule has 0 spiro atoms. The third-order valence-electron chi connectivity index (χ3n) is 5.29. The number of morpholine rings is 1. The number of piperidine rings is 1. The highest BCUT2D eigenvalue weighted by Gasteiger charge is 2.24.